The maximum atomic E-state index is 12.2. The second-order valence-electron chi connectivity index (χ2n) is 5.19. The summed E-state index contributed by atoms with van der Waals surface area (Å²) in [7, 11) is 0. The molecular weight excluding hydrogens is 254 g/mol. The monoisotopic (exact) mass is 273 g/mol. The van der Waals surface area contributed by atoms with Gasteiger partial charge < -0.3 is 5.32 Å². The first-order valence-electron chi connectivity index (χ1n) is 7.03. The predicted molar refractivity (Wildman–Crippen MR) is 77.0 cm³/mol. The lowest BCUT2D eigenvalue weighted by atomic mass is 10.4. The molecule has 0 aromatic carbocycles. The Bertz CT molecular complexity index is 668. The van der Waals surface area contributed by atoms with Gasteiger partial charge in [-0.2, -0.15) is 0 Å². The molecule has 1 aliphatic rings. The molecule has 2 heterocycles. The van der Waals surface area contributed by atoms with Crippen LogP contribution in [0.25, 0.3) is 0 Å². The predicted octanol–water partition coefficient (Wildman–Crippen LogP) is 1.56. The lowest BCUT2D eigenvalue weighted by molar-refractivity contribution is 0.642. The van der Waals surface area contributed by atoms with Crippen LogP contribution < -0.4 is 11.0 Å². The Morgan fingerprint density at radius 1 is 1.35 bits per heavy atom. The van der Waals surface area contributed by atoms with Crippen LogP contribution in [0.2, 0.25) is 0 Å². The van der Waals surface area contributed by atoms with Crippen LogP contribution in [-0.4, -0.2) is 25.6 Å². The normalized spacial score (nSPS) is 14.5. The molecule has 0 radical (unpaired) electrons. The third-order valence-electron chi connectivity index (χ3n) is 3.38. The zero-order valence-corrected chi connectivity index (χ0v) is 11.8. The Hall–Kier alpha value is -2.11. The minimum absolute atomic E-state index is 0.0302. The van der Waals surface area contributed by atoms with Crippen LogP contribution >= 0.6 is 0 Å². The van der Waals surface area contributed by atoms with Crippen molar-refractivity contribution in [2.24, 2.45) is 0 Å². The molecule has 3 rings (SSSR count). The van der Waals surface area contributed by atoms with Crippen molar-refractivity contribution in [1.29, 1.82) is 0 Å². The van der Waals surface area contributed by atoms with Gasteiger partial charge in [0.2, 0.25) is 0 Å². The molecule has 0 atom stereocenters. The fourth-order valence-electron chi connectivity index (χ4n) is 2.30. The summed E-state index contributed by atoms with van der Waals surface area (Å²) in [6.07, 6.45) is 5.89. The summed E-state index contributed by atoms with van der Waals surface area (Å²) in [6.45, 7) is 5.19. The average Bonchev–Trinajstić information content (AvgIpc) is 3.16. The number of rotatable bonds is 5. The molecule has 0 aliphatic heterocycles. The largest absolute Gasteiger partial charge is 0.370 e. The van der Waals surface area contributed by atoms with Crippen molar-refractivity contribution >= 4 is 5.82 Å². The number of nitrogens with one attached hydrogen (secondary N) is 1. The van der Waals surface area contributed by atoms with Crippen LogP contribution in [0.1, 0.15) is 37.3 Å². The second-order valence-corrected chi connectivity index (χ2v) is 5.19. The topological polar surface area (TPSA) is 64.7 Å². The molecule has 1 saturated carbocycles. The quantitative estimate of drug-likeness (QED) is 0.898. The van der Waals surface area contributed by atoms with Crippen molar-refractivity contribution in [3.8, 4) is 0 Å². The molecule has 1 fully saturated rings. The van der Waals surface area contributed by atoms with Gasteiger partial charge in [0, 0.05) is 36.7 Å². The van der Waals surface area contributed by atoms with Gasteiger partial charge in [-0.3, -0.25) is 9.13 Å². The van der Waals surface area contributed by atoms with Crippen LogP contribution in [0.5, 0.6) is 0 Å². The number of imidazole rings is 1. The summed E-state index contributed by atoms with van der Waals surface area (Å²) in [5, 5.41) is 3.18. The number of hydrogen-bond acceptors (Lipinski definition) is 4. The molecule has 6 nitrogen and oxygen atoms in total. The van der Waals surface area contributed by atoms with E-state index in [4.69, 9.17) is 0 Å². The Morgan fingerprint density at radius 3 is 2.85 bits per heavy atom. The van der Waals surface area contributed by atoms with E-state index in [1.807, 2.05) is 32.3 Å². The maximum Gasteiger partial charge on any atom is 0.328 e. The highest BCUT2D eigenvalue weighted by molar-refractivity contribution is 5.35. The Morgan fingerprint density at radius 2 is 2.15 bits per heavy atom. The first-order valence-corrected chi connectivity index (χ1v) is 7.03. The van der Waals surface area contributed by atoms with Gasteiger partial charge in [0.15, 0.2) is 5.82 Å². The average molecular weight is 273 g/mol. The lowest BCUT2D eigenvalue weighted by Crippen LogP contribution is -2.24. The number of anilines is 1. The summed E-state index contributed by atoms with van der Waals surface area (Å²) in [4.78, 5) is 21.0. The molecule has 2 aromatic rings. The second kappa shape index (κ2) is 5.11. The minimum atomic E-state index is 0.0302. The number of nitrogens with zero attached hydrogens (tertiary/aromatic N) is 4. The maximum absolute atomic E-state index is 12.2. The van der Waals surface area contributed by atoms with Crippen LogP contribution in [0.3, 0.4) is 0 Å². The Balaban J connectivity index is 1.85. The van der Waals surface area contributed by atoms with Crippen LogP contribution in [0.4, 0.5) is 5.82 Å². The van der Waals surface area contributed by atoms with E-state index in [1.165, 1.54) is 0 Å². The third kappa shape index (κ3) is 2.59. The summed E-state index contributed by atoms with van der Waals surface area (Å²) >= 11 is 0. The van der Waals surface area contributed by atoms with E-state index in [9.17, 15) is 4.79 Å². The molecular formula is C14H19N5O. The van der Waals surface area contributed by atoms with Crippen LogP contribution in [0.15, 0.2) is 23.3 Å². The minimum Gasteiger partial charge on any atom is -0.370 e. The highest BCUT2D eigenvalue weighted by Crippen LogP contribution is 2.33. The van der Waals surface area contributed by atoms with E-state index in [1.54, 1.807) is 9.13 Å². The number of aromatic nitrogens is 4. The number of hydrogen-bond donors (Lipinski definition) is 1. The molecule has 0 saturated heterocycles. The van der Waals surface area contributed by atoms with E-state index in [-0.39, 0.29) is 5.69 Å². The lowest BCUT2D eigenvalue weighted by Gasteiger charge is -2.07. The molecule has 2 aromatic heterocycles. The fraction of sp³-hybridized carbons (Fsp3) is 0.500. The summed E-state index contributed by atoms with van der Waals surface area (Å²) < 4.78 is 3.48. The van der Waals surface area contributed by atoms with E-state index in [0.717, 1.165) is 30.9 Å². The highest BCUT2D eigenvalue weighted by Gasteiger charge is 2.25. The van der Waals surface area contributed by atoms with E-state index >= 15 is 0 Å². The molecule has 106 valence electrons. The molecule has 1 aliphatic carbocycles. The fourth-order valence-corrected chi connectivity index (χ4v) is 2.30. The van der Waals surface area contributed by atoms with Gasteiger partial charge in [-0.05, 0) is 26.7 Å². The zero-order valence-electron chi connectivity index (χ0n) is 11.8. The van der Waals surface area contributed by atoms with Crippen molar-refractivity contribution in [3.63, 3.8) is 0 Å². The van der Waals surface area contributed by atoms with Crippen molar-refractivity contribution < 1.29 is 0 Å². The molecule has 20 heavy (non-hydrogen) atoms. The van der Waals surface area contributed by atoms with E-state index in [0.29, 0.717) is 18.4 Å². The van der Waals surface area contributed by atoms with Crippen LogP contribution in [-0.2, 0) is 6.54 Å². The Kier molecular flexibility index (Phi) is 3.30. The van der Waals surface area contributed by atoms with E-state index < -0.39 is 0 Å². The Labute approximate surface area is 117 Å². The van der Waals surface area contributed by atoms with E-state index in [2.05, 4.69) is 15.3 Å². The zero-order chi connectivity index (χ0) is 14.1. The molecule has 0 bridgehead atoms. The van der Waals surface area contributed by atoms with Gasteiger partial charge in [0.05, 0.1) is 6.54 Å². The first kappa shape index (κ1) is 12.9. The molecule has 6 heteroatoms. The first-order chi connectivity index (χ1) is 9.67. The highest BCUT2D eigenvalue weighted by atomic mass is 16.1. The smallest absolute Gasteiger partial charge is 0.328 e. The molecule has 0 unspecified atom stereocenters. The van der Waals surface area contributed by atoms with Crippen LogP contribution in [0, 0.1) is 6.92 Å². The molecule has 0 spiro atoms. The SMILES string of the molecule is CCNc1cc(C)nc(Cn2ccn(C3CC3)c2=O)n1. The summed E-state index contributed by atoms with van der Waals surface area (Å²) in [5.74, 6) is 1.47. The van der Waals surface area contributed by atoms with Gasteiger partial charge in [-0.15, -0.1) is 0 Å². The standard InChI is InChI=1S/C14H19N5O/c1-3-15-12-8-10(2)16-13(17-12)9-18-6-7-19(14(18)20)11-4-5-11/h6-8,11H,3-5,9H2,1-2H3,(H,15,16,17). The molecule has 1 N–H and O–H groups in total. The van der Waals surface area contributed by atoms with Gasteiger partial charge >= 0.3 is 5.69 Å². The van der Waals surface area contributed by atoms with Crippen molar-refractivity contribution in [2.75, 3.05) is 11.9 Å². The third-order valence-corrected chi connectivity index (χ3v) is 3.38. The summed E-state index contributed by atoms with van der Waals surface area (Å²) in [5.41, 5.74) is 0.934. The van der Waals surface area contributed by atoms with Gasteiger partial charge in [-0.25, -0.2) is 14.8 Å². The van der Waals surface area contributed by atoms with Gasteiger partial charge in [-0.1, -0.05) is 0 Å². The van der Waals surface area contributed by atoms with Crippen molar-refractivity contribution in [1.82, 2.24) is 19.1 Å². The summed E-state index contributed by atoms with van der Waals surface area (Å²) in [6, 6.07) is 2.31. The van der Waals surface area contributed by atoms with Gasteiger partial charge in [0.1, 0.15) is 5.82 Å². The number of aryl methyl sites for hydroxylation is 1. The molecule has 0 amide bonds. The van der Waals surface area contributed by atoms with Crippen molar-refractivity contribution in [3.05, 3.63) is 40.5 Å². The van der Waals surface area contributed by atoms with Crippen molar-refractivity contribution in [2.45, 2.75) is 39.3 Å². The van der Waals surface area contributed by atoms with Gasteiger partial charge in [0.25, 0.3) is 0 Å².